The van der Waals surface area contributed by atoms with Gasteiger partial charge in [-0.05, 0) is 58.4 Å². The Balaban J connectivity index is 2.07. The molecule has 0 nitrogen and oxygen atoms in total. The van der Waals surface area contributed by atoms with Crippen LogP contribution in [0.25, 0.3) is 22.3 Å². The van der Waals surface area contributed by atoms with Gasteiger partial charge in [0.05, 0.1) is 0 Å². The summed E-state index contributed by atoms with van der Waals surface area (Å²) in [4.78, 5) is 0. The minimum Gasteiger partial charge on any atom is -0.0622 e. The average Bonchev–Trinajstić information content (AvgIpc) is 2.80. The van der Waals surface area contributed by atoms with Crippen LogP contribution in [-0.2, 0) is 5.41 Å². The van der Waals surface area contributed by atoms with Gasteiger partial charge >= 0.3 is 0 Å². The maximum atomic E-state index is 2.37. The fourth-order valence-corrected chi connectivity index (χ4v) is 4.28. The molecular weight excluding hydrogens is 276 g/mol. The number of benzene rings is 3. The van der Waals surface area contributed by atoms with Gasteiger partial charge < -0.3 is 0 Å². The minimum atomic E-state index is 0.0349. The number of hydrogen-bond donors (Lipinski definition) is 0. The quantitative estimate of drug-likeness (QED) is 0.496. The molecular formula is C23H22. The number of aryl methyl sites for hydroxylation is 1. The highest BCUT2D eigenvalue weighted by molar-refractivity contribution is 5.89. The van der Waals surface area contributed by atoms with E-state index in [4.69, 9.17) is 0 Å². The molecule has 0 saturated carbocycles. The van der Waals surface area contributed by atoms with E-state index in [-0.39, 0.29) is 5.41 Å². The second-order valence-electron chi connectivity index (χ2n) is 7.15. The van der Waals surface area contributed by atoms with E-state index >= 15 is 0 Å². The zero-order valence-electron chi connectivity index (χ0n) is 14.3. The molecule has 0 spiro atoms. The molecule has 0 radical (unpaired) electrons. The van der Waals surface area contributed by atoms with Crippen molar-refractivity contribution in [2.75, 3.05) is 0 Å². The lowest BCUT2D eigenvalue weighted by Gasteiger charge is -2.26. The zero-order valence-corrected chi connectivity index (χ0v) is 14.3. The van der Waals surface area contributed by atoms with Crippen molar-refractivity contribution >= 4 is 0 Å². The van der Waals surface area contributed by atoms with Crippen molar-refractivity contribution in [2.24, 2.45) is 0 Å². The van der Waals surface area contributed by atoms with E-state index in [1.165, 1.54) is 44.5 Å². The molecule has 0 atom stereocenters. The first-order valence-corrected chi connectivity index (χ1v) is 8.32. The molecule has 23 heavy (non-hydrogen) atoms. The summed E-state index contributed by atoms with van der Waals surface area (Å²) >= 11 is 0. The Bertz CT molecular complexity index is 899. The molecule has 0 heteroatoms. The molecule has 114 valence electrons. The summed E-state index contributed by atoms with van der Waals surface area (Å²) in [6, 6.07) is 22.1. The number of fused-ring (bicyclic) bond motifs is 3. The van der Waals surface area contributed by atoms with E-state index in [0.29, 0.717) is 0 Å². The first kappa shape index (κ1) is 14.3. The fraction of sp³-hybridized carbons (Fsp3) is 0.217. The van der Waals surface area contributed by atoms with Gasteiger partial charge in [-0.15, -0.1) is 0 Å². The van der Waals surface area contributed by atoms with Crippen molar-refractivity contribution in [3.63, 3.8) is 0 Å². The summed E-state index contributed by atoms with van der Waals surface area (Å²) in [6.07, 6.45) is 0. The van der Waals surface area contributed by atoms with Crippen LogP contribution >= 0.6 is 0 Å². The van der Waals surface area contributed by atoms with Gasteiger partial charge in [0.25, 0.3) is 0 Å². The Morgan fingerprint density at radius 1 is 0.609 bits per heavy atom. The van der Waals surface area contributed by atoms with E-state index in [0.717, 1.165) is 0 Å². The highest BCUT2D eigenvalue weighted by Crippen LogP contribution is 2.53. The van der Waals surface area contributed by atoms with Crippen molar-refractivity contribution in [3.8, 4) is 22.3 Å². The van der Waals surface area contributed by atoms with Crippen LogP contribution in [0.15, 0.2) is 60.7 Å². The second-order valence-corrected chi connectivity index (χ2v) is 7.15. The maximum Gasteiger partial charge on any atom is 0.0167 e. The molecule has 3 aromatic rings. The van der Waals surface area contributed by atoms with Crippen LogP contribution in [0.4, 0.5) is 0 Å². The van der Waals surface area contributed by atoms with E-state index in [2.05, 4.69) is 88.4 Å². The molecule has 0 heterocycles. The Kier molecular flexibility index (Phi) is 2.99. The second kappa shape index (κ2) is 4.83. The lowest BCUT2D eigenvalue weighted by Crippen LogP contribution is -2.18. The van der Waals surface area contributed by atoms with Gasteiger partial charge in [0.1, 0.15) is 0 Å². The van der Waals surface area contributed by atoms with Crippen molar-refractivity contribution < 1.29 is 0 Å². The molecule has 0 bridgehead atoms. The Hall–Kier alpha value is -2.34. The summed E-state index contributed by atoms with van der Waals surface area (Å²) in [7, 11) is 0. The topological polar surface area (TPSA) is 0 Å². The van der Waals surface area contributed by atoms with Crippen LogP contribution in [0, 0.1) is 13.8 Å². The van der Waals surface area contributed by atoms with Gasteiger partial charge in [-0.3, -0.25) is 0 Å². The molecule has 1 aliphatic carbocycles. The summed E-state index contributed by atoms with van der Waals surface area (Å²) in [6.45, 7) is 9.23. The lowest BCUT2D eigenvalue weighted by atomic mass is 9.77. The molecule has 0 aromatic heterocycles. The average molecular weight is 298 g/mol. The molecule has 4 rings (SSSR count). The van der Waals surface area contributed by atoms with Gasteiger partial charge in [0.2, 0.25) is 0 Å². The van der Waals surface area contributed by atoms with E-state index in [1.54, 1.807) is 0 Å². The SMILES string of the molecule is Cc1ccc2c(c1C)C(C)(C)c1c(-c3ccccc3)cccc1-2. The third-order valence-corrected chi connectivity index (χ3v) is 5.43. The van der Waals surface area contributed by atoms with E-state index < -0.39 is 0 Å². The normalized spacial score (nSPS) is 14.4. The Morgan fingerprint density at radius 3 is 2.00 bits per heavy atom. The van der Waals surface area contributed by atoms with Gasteiger partial charge in [-0.1, -0.05) is 74.5 Å². The summed E-state index contributed by atoms with van der Waals surface area (Å²) in [5.74, 6) is 0. The Morgan fingerprint density at radius 2 is 1.26 bits per heavy atom. The van der Waals surface area contributed by atoms with Crippen LogP contribution in [0.5, 0.6) is 0 Å². The monoisotopic (exact) mass is 298 g/mol. The van der Waals surface area contributed by atoms with Crippen molar-refractivity contribution in [2.45, 2.75) is 33.1 Å². The molecule has 0 fully saturated rings. The summed E-state index contributed by atoms with van der Waals surface area (Å²) in [5.41, 5.74) is 11.3. The molecule has 0 unspecified atom stereocenters. The first-order chi connectivity index (χ1) is 11.0. The van der Waals surface area contributed by atoms with Crippen LogP contribution in [-0.4, -0.2) is 0 Å². The highest BCUT2D eigenvalue weighted by Gasteiger charge is 2.38. The molecule has 1 aliphatic rings. The molecule has 0 N–H and O–H groups in total. The predicted molar refractivity (Wildman–Crippen MR) is 98.9 cm³/mol. The number of hydrogen-bond acceptors (Lipinski definition) is 0. The van der Waals surface area contributed by atoms with Crippen molar-refractivity contribution in [1.29, 1.82) is 0 Å². The van der Waals surface area contributed by atoms with Gasteiger partial charge in [-0.2, -0.15) is 0 Å². The molecule has 3 aromatic carbocycles. The van der Waals surface area contributed by atoms with Crippen molar-refractivity contribution in [1.82, 2.24) is 0 Å². The molecule has 0 amide bonds. The summed E-state index contributed by atoms with van der Waals surface area (Å²) in [5, 5.41) is 0. The van der Waals surface area contributed by atoms with E-state index in [1.807, 2.05) is 0 Å². The fourth-order valence-electron chi connectivity index (χ4n) is 4.28. The first-order valence-electron chi connectivity index (χ1n) is 8.32. The summed E-state index contributed by atoms with van der Waals surface area (Å²) < 4.78 is 0. The van der Waals surface area contributed by atoms with Gasteiger partial charge in [0.15, 0.2) is 0 Å². The van der Waals surface area contributed by atoms with Crippen LogP contribution < -0.4 is 0 Å². The maximum absolute atomic E-state index is 2.37. The zero-order chi connectivity index (χ0) is 16.2. The van der Waals surface area contributed by atoms with Gasteiger partial charge in [-0.25, -0.2) is 0 Å². The standard InChI is InChI=1S/C23H22/c1-15-13-14-20-19-12-8-11-18(17-9-6-5-7-10-17)22(19)23(3,4)21(20)16(15)2/h5-14H,1-4H3. The van der Waals surface area contributed by atoms with Crippen LogP contribution in [0.3, 0.4) is 0 Å². The third kappa shape index (κ3) is 1.91. The predicted octanol–water partition coefficient (Wildman–Crippen LogP) is 6.28. The van der Waals surface area contributed by atoms with E-state index in [9.17, 15) is 0 Å². The Labute approximate surface area is 138 Å². The largest absolute Gasteiger partial charge is 0.0622 e. The molecule has 0 saturated heterocycles. The van der Waals surface area contributed by atoms with Gasteiger partial charge in [0, 0.05) is 5.41 Å². The molecule has 0 aliphatic heterocycles. The smallest absolute Gasteiger partial charge is 0.0167 e. The van der Waals surface area contributed by atoms with Crippen LogP contribution in [0.1, 0.15) is 36.1 Å². The minimum absolute atomic E-state index is 0.0349. The third-order valence-electron chi connectivity index (χ3n) is 5.43. The highest BCUT2D eigenvalue weighted by atomic mass is 14.4. The lowest BCUT2D eigenvalue weighted by molar-refractivity contribution is 0.656. The number of rotatable bonds is 1. The van der Waals surface area contributed by atoms with Crippen molar-refractivity contribution in [3.05, 3.63) is 82.9 Å². The van der Waals surface area contributed by atoms with Crippen LogP contribution in [0.2, 0.25) is 0 Å².